The van der Waals surface area contributed by atoms with Crippen molar-refractivity contribution in [2.24, 2.45) is 0 Å². The van der Waals surface area contributed by atoms with Gasteiger partial charge < -0.3 is 0 Å². The van der Waals surface area contributed by atoms with Gasteiger partial charge in [0.1, 0.15) is 10.0 Å². The largest absolute Gasteiger partial charge is 0.296 e. The molecule has 1 aliphatic rings. The van der Waals surface area contributed by atoms with Crippen LogP contribution in [0.5, 0.6) is 0 Å². The Morgan fingerprint density at radius 1 is 1.06 bits per heavy atom. The lowest BCUT2D eigenvalue weighted by molar-refractivity contribution is -0.121. The highest BCUT2D eigenvalue weighted by atomic mass is 32.2. The first kappa shape index (κ1) is 26.3. The van der Waals surface area contributed by atoms with Gasteiger partial charge in [0.05, 0.1) is 15.5 Å². The van der Waals surface area contributed by atoms with Crippen LogP contribution >= 0.6 is 24.0 Å². The lowest BCUT2D eigenvalue weighted by atomic mass is 10.1. The fourth-order valence-electron chi connectivity index (χ4n) is 3.92. The molecule has 1 aliphatic heterocycles. The third-order valence-electron chi connectivity index (χ3n) is 5.73. The zero-order chi connectivity index (χ0) is 25.9. The lowest BCUT2D eigenvalue weighted by Crippen LogP contribution is -2.32. The van der Waals surface area contributed by atoms with Crippen LogP contribution in [0.1, 0.15) is 32.3 Å². The Balaban J connectivity index is 1.83. The van der Waals surface area contributed by atoms with E-state index in [1.165, 1.54) is 21.0 Å². The number of thioether (sulfide) groups is 1. The molecule has 0 spiro atoms. The van der Waals surface area contributed by atoms with E-state index in [2.05, 4.69) is 0 Å². The van der Waals surface area contributed by atoms with Gasteiger partial charge in [0, 0.05) is 37.5 Å². The number of carbonyl (C=O) groups is 1. The quantitative estimate of drug-likeness (QED) is 0.275. The summed E-state index contributed by atoms with van der Waals surface area (Å²) in [6, 6.07) is 16.5. The summed E-state index contributed by atoms with van der Waals surface area (Å²) >= 11 is 6.52. The molecule has 10 heteroatoms. The lowest BCUT2D eigenvalue weighted by Gasteiger charge is -2.21. The average Bonchev–Trinajstić information content (AvgIpc) is 3.41. The van der Waals surface area contributed by atoms with E-state index in [9.17, 15) is 13.2 Å². The average molecular weight is 541 g/mol. The van der Waals surface area contributed by atoms with E-state index in [4.69, 9.17) is 17.3 Å². The van der Waals surface area contributed by atoms with Crippen LogP contribution in [-0.2, 0) is 14.8 Å². The van der Waals surface area contributed by atoms with Gasteiger partial charge in [-0.05, 0) is 43.2 Å². The molecule has 0 aliphatic carbocycles. The minimum Gasteiger partial charge on any atom is -0.296 e. The number of nitrogens with zero attached hydrogens (tertiary/aromatic N) is 4. The second kappa shape index (κ2) is 11.1. The molecule has 0 radical (unpaired) electrons. The maximum atomic E-state index is 13.4. The number of para-hydroxylation sites is 1. The molecule has 1 saturated heterocycles. The van der Waals surface area contributed by atoms with Gasteiger partial charge in [-0.2, -0.15) is 9.40 Å². The van der Waals surface area contributed by atoms with Gasteiger partial charge in [-0.3, -0.25) is 9.69 Å². The Bertz CT molecular complexity index is 1410. The van der Waals surface area contributed by atoms with Gasteiger partial charge >= 0.3 is 0 Å². The van der Waals surface area contributed by atoms with Crippen LogP contribution in [-0.4, -0.2) is 57.8 Å². The highest BCUT2D eigenvalue weighted by molar-refractivity contribution is 8.26. The van der Waals surface area contributed by atoms with E-state index >= 15 is 0 Å². The van der Waals surface area contributed by atoms with Crippen LogP contribution in [0.3, 0.4) is 0 Å². The minimum atomic E-state index is -3.66. The Morgan fingerprint density at radius 3 is 2.36 bits per heavy atom. The third kappa shape index (κ3) is 5.31. The van der Waals surface area contributed by atoms with Gasteiger partial charge in [0.15, 0.2) is 0 Å². The summed E-state index contributed by atoms with van der Waals surface area (Å²) in [4.78, 5) is 14.8. The number of sulfonamides is 1. The van der Waals surface area contributed by atoms with Crippen LogP contribution in [0, 0.1) is 0 Å². The maximum absolute atomic E-state index is 13.4. The van der Waals surface area contributed by atoms with E-state index in [1.807, 2.05) is 56.4 Å². The van der Waals surface area contributed by atoms with E-state index in [1.54, 1.807) is 36.0 Å². The predicted octanol–water partition coefficient (Wildman–Crippen LogP) is 5.18. The molecular weight excluding hydrogens is 513 g/mol. The standard InChI is InChI=1S/C26H28N4O3S3/c1-4-14-29(15-5-2)36(32,33)22-13-9-10-19(16-22)24-20(17-23-25(31)28(3)26(34)35-23)18-30(27-24)21-11-7-6-8-12-21/h6-13,16-18H,4-5,14-15H2,1-3H3/b23-17-. The predicted molar refractivity (Wildman–Crippen MR) is 149 cm³/mol. The number of carbonyl (C=O) groups excluding carboxylic acids is 1. The zero-order valence-corrected chi connectivity index (χ0v) is 22.9. The molecule has 4 rings (SSSR count). The first-order valence-electron chi connectivity index (χ1n) is 11.7. The van der Waals surface area contributed by atoms with Crippen LogP contribution in [0.4, 0.5) is 0 Å². The van der Waals surface area contributed by atoms with Crippen molar-refractivity contribution in [2.45, 2.75) is 31.6 Å². The first-order valence-corrected chi connectivity index (χ1v) is 14.4. The van der Waals surface area contributed by atoms with E-state index in [0.717, 1.165) is 18.5 Å². The Morgan fingerprint density at radius 2 is 1.75 bits per heavy atom. The molecule has 1 fully saturated rings. The number of thiocarbonyl (C=S) groups is 1. The van der Waals surface area contributed by atoms with Crippen LogP contribution in [0.2, 0.25) is 0 Å². The molecule has 2 heterocycles. The molecule has 0 N–H and O–H groups in total. The first-order chi connectivity index (χ1) is 17.3. The molecule has 36 heavy (non-hydrogen) atoms. The van der Waals surface area contributed by atoms with Crippen molar-refractivity contribution in [3.05, 3.63) is 71.3 Å². The Kier molecular flexibility index (Phi) is 8.09. The van der Waals surface area contributed by atoms with E-state index < -0.39 is 10.0 Å². The van der Waals surface area contributed by atoms with Crippen molar-refractivity contribution in [1.29, 1.82) is 0 Å². The van der Waals surface area contributed by atoms with Gasteiger partial charge in [0.2, 0.25) is 10.0 Å². The maximum Gasteiger partial charge on any atom is 0.265 e. The number of likely N-dealkylation sites (N-methyl/N-ethyl adjacent to an activating group) is 1. The van der Waals surface area contributed by atoms with Crippen molar-refractivity contribution in [3.8, 4) is 16.9 Å². The van der Waals surface area contributed by atoms with Crippen LogP contribution in [0.15, 0.2) is 70.6 Å². The number of benzene rings is 2. The smallest absolute Gasteiger partial charge is 0.265 e. The van der Waals surface area contributed by atoms with Crippen LogP contribution < -0.4 is 0 Å². The van der Waals surface area contributed by atoms with Crippen molar-refractivity contribution in [1.82, 2.24) is 19.0 Å². The molecule has 0 saturated carbocycles. The molecule has 2 aromatic carbocycles. The number of hydrogen-bond donors (Lipinski definition) is 0. The molecule has 1 aromatic heterocycles. The van der Waals surface area contributed by atoms with Gasteiger partial charge in [-0.15, -0.1) is 0 Å². The fourth-order valence-corrected chi connectivity index (χ4v) is 6.76. The number of rotatable bonds is 9. The monoisotopic (exact) mass is 540 g/mol. The second-order valence-electron chi connectivity index (χ2n) is 8.39. The highest BCUT2D eigenvalue weighted by Crippen LogP contribution is 2.34. The Labute approximate surface area is 221 Å². The second-order valence-corrected chi connectivity index (χ2v) is 12.0. The fraction of sp³-hybridized carbons (Fsp3) is 0.269. The SMILES string of the molecule is CCCN(CCC)S(=O)(=O)c1cccc(-c2nn(-c3ccccc3)cc2/C=C2\SC(=S)N(C)C2=O)c1. The molecule has 1 amide bonds. The van der Waals surface area contributed by atoms with Crippen molar-refractivity contribution in [2.75, 3.05) is 20.1 Å². The number of aromatic nitrogens is 2. The van der Waals surface area contributed by atoms with Gasteiger partial charge in [0.25, 0.3) is 5.91 Å². The molecule has 7 nitrogen and oxygen atoms in total. The van der Waals surface area contributed by atoms with Crippen molar-refractivity contribution in [3.63, 3.8) is 0 Å². The molecule has 3 aromatic rings. The third-order valence-corrected chi connectivity index (χ3v) is 9.11. The molecular formula is C26H28N4O3S3. The summed E-state index contributed by atoms with van der Waals surface area (Å²) in [7, 11) is -2.01. The van der Waals surface area contributed by atoms with Gasteiger partial charge in [-0.1, -0.05) is 68.2 Å². The summed E-state index contributed by atoms with van der Waals surface area (Å²) in [5.41, 5.74) is 2.77. The summed E-state index contributed by atoms with van der Waals surface area (Å²) in [5, 5.41) is 4.79. The Hall–Kier alpha value is -2.79. The molecule has 0 atom stereocenters. The molecule has 0 bridgehead atoms. The van der Waals surface area contributed by atoms with E-state index in [0.29, 0.717) is 39.1 Å². The van der Waals surface area contributed by atoms with Crippen molar-refractivity contribution < 1.29 is 13.2 Å². The normalized spacial score (nSPS) is 15.4. The van der Waals surface area contributed by atoms with Crippen molar-refractivity contribution >= 4 is 50.3 Å². The zero-order valence-electron chi connectivity index (χ0n) is 20.4. The summed E-state index contributed by atoms with van der Waals surface area (Å²) in [5.74, 6) is -0.172. The minimum absolute atomic E-state index is 0.172. The molecule has 188 valence electrons. The summed E-state index contributed by atoms with van der Waals surface area (Å²) in [6.45, 7) is 4.87. The van der Waals surface area contributed by atoms with Crippen LogP contribution in [0.25, 0.3) is 23.0 Å². The van der Waals surface area contributed by atoms with Gasteiger partial charge in [-0.25, -0.2) is 13.1 Å². The molecule has 0 unspecified atom stereocenters. The number of amides is 1. The topological polar surface area (TPSA) is 75.5 Å². The summed E-state index contributed by atoms with van der Waals surface area (Å²) < 4.78 is 30.6. The highest BCUT2D eigenvalue weighted by Gasteiger charge is 2.29. The number of hydrogen-bond acceptors (Lipinski definition) is 6. The summed E-state index contributed by atoms with van der Waals surface area (Å²) in [6.07, 6.45) is 5.08. The van der Waals surface area contributed by atoms with E-state index in [-0.39, 0.29) is 10.8 Å².